The highest BCUT2D eigenvalue weighted by molar-refractivity contribution is 5.25. The number of aliphatic hydroxyl groups excluding tert-OH is 1. The van der Waals surface area contributed by atoms with Crippen molar-refractivity contribution in [2.75, 3.05) is 0 Å². The van der Waals surface area contributed by atoms with Crippen LogP contribution in [0.15, 0.2) is 23.6 Å². The van der Waals surface area contributed by atoms with E-state index in [2.05, 4.69) is 26.8 Å². The van der Waals surface area contributed by atoms with Crippen LogP contribution in [-0.4, -0.2) is 11.2 Å². The van der Waals surface area contributed by atoms with E-state index in [0.717, 1.165) is 67.2 Å². The molecule has 0 radical (unpaired) electrons. The first-order valence-corrected chi connectivity index (χ1v) is 12.4. The van der Waals surface area contributed by atoms with Crippen LogP contribution in [0.3, 0.4) is 0 Å². The van der Waals surface area contributed by atoms with Gasteiger partial charge in [-0.3, -0.25) is 0 Å². The molecule has 164 valence electrons. The molecule has 4 rings (SSSR count). The van der Waals surface area contributed by atoms with Crippen molar-refractivity contribution < 1.29 is 9.50 Å². The quantitative estimate of drug-likeness (QED) is 0.469. The predicted octanol–water partition coefficient (Wildman–Crippen LogP) is 7.61. The molecule has 0 spiro atoms. The van der Waals surface area contributed by atoms with Gasteiger partial charge in [-0.1, -0.05) is 38.8 Å². The average molecular weight is 403 g/mol. The largest absolute Gasteiger partial charge is 0.393 e. The fraction of sp³-hybridized carbons (Fsp3) is 0.852. The van der Waals surface area contributed by atoms with Crippen LogP contribution in [-0.2, 0) is 0 Å². The lowest BCUT2D eigenvalue weighted by Gasteiger charge is -2.58. The second-order valence-corrected chi connectivity index (χ2v) is 11.7. The van der Waals surface area contributed by atoms with Gasteiger partial charge >= 0.3 is 0 Å². The molecule has 29 heavy (non-hydrogen) atoms. The zero-order valence-electron chi connectivity index (χ0n) is 19.2. The number of aliphatic hydroxyl groups is 1. The lowest BCUT2D eigenvalue weighted by molar-refractivity contribution is -0.0572. The third kappa shape index (κ3) is 3.66. The third-order valence-electron chi connectivity index (χ3n) is 10.3. The summed E-state index contributed by atoms with van der Waals surface area (Å²) in [4.78, 5) is 0. The Morgan fingerprint density at radius 1 is 1.21 bits per heavy atom. The van der Waals surface area contributed by atoms with E-state index in [4.69, 9.17) is 0 Å². The molecule has 0 aromatic rings. The summed E-state index contributed by atoms with van der Waals surface area (Å²) in [6.45, 7) is 9.54. The summed E-state index contributed by atoms with van der Waals surface area (Å²) < 4.78 is 12.6. The average Bonchev–Trinajstić information content (AvgIpc) is 3.05. The van der Waals surface area contributed by atoms with Gasteiger partial charge in [-0.05, 0) is 117 Å². The molecule has 0 saturated heterocycles. The molecule has 0 aromatic heterocycles. The summed E-state index contributed by atoms with van der Waals surface area (Å²) in [5.41, 5.74) is 3.33. The van der Waals surface area contributed by atoms with E-state index < -0.39 is 0 Å². The lowest BCUT2D eigenvalue weighted by atomic mass is 9.47. The molecule has 0 aliphatic heterocycles. The fourth-order valence-electron chi connectivity index (χ4n) is 8.58. The lowest BCUT2D eigenvalue weighted by Crippen LogP contribution is -2.50. The van der Waals surface area contributed by atoms with Crippen molar-refractivity contribution in [3.05, 3.63) is 23.6 Å². The first-order valence-electron chi connectivity index (χ1n) is 12.4. The van der Waals surface area contributed by atoms with Crippen LogP contribution in [0.4, 0.5) is 4.39 Å². The van der Waals surface area contributed by atoms with Gasteiger partial charge in [0.05, 0.1) is 12.4 Å². The van der Waals surface area contributed by atoms with Crippen LogP contribution in [0.25, 0.3) is 0 Å². The van der Waals surface area contributed by atoms with E-state index in [9.17, 15) is 9.50 Å². The highest BCUT2D eigenvalue weighted by Crippen LogP contribution is 2.67. The van der Waals surface area contributed by atoms with Gasteiger partial charge in [0, 0.05) is 0 Å². The topological polar surface area (TPSA) is 20.2 Å². The summed E-state index contributed by atoms with van der Waals surface area (Å²) in [5, 5.41) is 10.2. The molecular formula is C27H43FO. The van der Waals surface area contributed by atoms with Crippen molar-refractivity contribution in [3.8, 4) is 0 Å². The Morgan fingerprint density at radius 2 is 2.00 bits per heavy atom. The smallest absolute Gasteiger partial charge is 0.0856 e. The predicted molar refractivity (Wildman–Crippen MR) is 119 cm³/mol. The number of hydrogen-bond donors (Lipinski definition) is 1. The molecule has 3 saturated carbocycles. The highest BCUT2D eigenvalue weighted by Gasteiger charge is 2.59. The van der Waals surface area contributed by atoms with E-state index in [1.165, 1.54) is 44.9 Å². The van der Waals surface area contributed by atoms with Gasteiger partial charge in [-0.25, -0.2) is 4.39 Å². The van der Waals surface area contributed by atoms with E-state index in [1.807, 2.05) is 6.92 Å². The molecule has 1 unspecified atom stereocenters. The maximum absolute atomic E-state index is 12.6. The second-order valence-electron chi connectivity index (χ2n) is 11.7. The van der Waals surface area contributed by atoms with Crippen molar-refractivity contribution in [2.24, 2.45) is 40.4 Å². The van der Waals surface area contributed by atoms with E-state index in [-0.39, 0.29) is 6.10 Å². The monoisotopic (exact) mass is 402 g/mol. The number of halogens is 1. The van der Waals surface area contributed by atoms with Crippen molar-refractivity contribution in [1.82, 2.24) is 0 Å². The molecule has 3 fully saturated rings. The molecule has 1 N–H and O–H groups in total. The molecule has 0 amide bonds. The minimum absolute atomic E-state index is 0.104. The van der Waals surface area contributed by atoms with Gasteiger partial charge in [-0.2, -0.15) is 0 Å². The maximum atomic E-state index is 12.6. The Bertz CT molecular complexity index is 665. The molecule has 1 nitrogen and oxygen atoms in total. The Kier molecular flexibility index (Phi) is 6.06. The van der Waals surface area contributed by atoms with Gasteiger partial charge in [-0.15, -0.1) is 0 Å². The standard InChI is InChI=1S/C27H43FO/c1-18(17-28)6-5-7-19(2)23-10-11-24-22-9-8-20-16-21(29)12-14-26(20,3)25(22)13-15-27(23,24)4/h8,17,19,21-25,29H,5-7,9-16H2,1-4H3/b18-17-/t19-,21+,22+,23-,24+,25+,26?,27-/m1/s1. The number of fused-ring (bicyclic) bond motifs is 5. The molecule has 0 heterocycles. The van der Waals surface area contributed by atoms with Crippen LogP contribution < -0.4 is 0 Å². The Balaban J connectivity index is 1.47. The van der Waals surface area contributed by atoms with Gasteiger partial charge in [0.2, 0.25) is 0 Å². The van der Waals surface area contributed by atoms with E-state index in [0.29, 0.717) is 10.8 Å². The van der Waals surface area contributed by atoms with E-state index in [1.54, 1.807) is 5.57 Å². The molecule has 8 atom stereocenters. The molecular weight excluding hydrogens is 359 g/mol. The van der Waals surface area contributed by atoms with E-state index >= 15 is 0 Å². The minimum atomic E-state index is -0.104. The van der Waals surface area contributed by atoms with Crippen molar-refractivity contribution in [1.29, 1.82) is 0 Å². The number of hydrogen-bond acceptors (Lipinski definition) is 1. The number of allylic oxidation sites excluding steroid dienone is 2. The molecule has 4 aliphatic rings. The summed E-state index contributed by atoms with van der Waals surface area (Å²) in [6.07, 6.45) is 16.5. The normalized spacial score (nSPS) is 45.8. The zero-order valence-corrected chi connectivity index (χ0v) is 19.2. The first kappa shape index (κ1) is 21.6. The maximum Gasteiger partial charge on any atom is 0.0856 e. The van der Waals surface area contributed by atoms with Crippen LogP contribution >= 0.6 is 0 Å². The van der Waals surface area contributed by atoms with Crippen molar-refractivity contribution >= 4 is 0 Å². The van der Waals surface area contributed by atoms with Gasteiger partial charge in [0.25, 0.3) is 0 Å². The summed E-state index contributed by atoms with van der Waals surface area (Å²) in [7, 11) is 0. The fourth-order valence-corrected chi connectivity index (χ4v) is 8.58. The first-order chi connectivity index (χ1) is 13.8. The Morgan fingerprint density at radius 3 is 2.76 bits per heavy atom. The van der Waals surface area contributed by atoms with Crippen LogP contribution in [0.5, 0.6) is 0 Å². The third-order valence-corrected chi connectivity index (χ3v) is 10.3. The summed E-state index contributed by atoms with van der Waals surface area (Å²) >= 11 is 0. The SMILES string of the molecule is C/C(=C/F)CCC[C@@H](C)[C@H]1CC[C@H]2[C@@H]3CC=C4C[C@@H](O)CCC4(C)[C@H]3CC[C@]12C. The summed E-state index contributed by atoms with van der Waals surface area (Å²) in [5.74, 6) is 4.16. The molecule has 2 heteroatoms. The van der Waals surface area contributed by atoms with Crippen molar-refractivity contribution in [2.45, 2.75) is 104 Å². The molecule has 0 aromatic carbocycles. The number of rotatable bonds is 5. The van der Waals surface area contributed by atoms with Gasteiger partial charge < -0.3 is 5.11 Å². The summed E-state index contributed by atoms with van der Waals surface area (Å²) in [6, 6.07) is 0. The molecule has 4 aliphatic carbocycles. The molecule has 0 bridgehead atoms. The van der Waals surface area contributed by atoms with Crippen LogP contribution in [0.1, 0.15) is 98.3 Å². The van der Waals surface area contributed by atoms with Crippen LogP contribution in [0, 0.1) is 40.4 Å². The Labute approximate surface area is 178 Å². The zero-order chi connectivity index (χ0) is 20.8. The minimum Gasteiger partial charge on any atom is -0.393 e. The Hall–Kier alpha value is -0.630. The second kappa shape index (κ2) is 8.13. The van der Waals surface area contributed by atoms with Crippen molar-refractivity contribution in [3.63, 3.8) is 0 Å². The van der Waals surface area contributed by atoms with Gasteiger partial charge in [0.15, 0.2) is 0 Å². The highest BCUT2D eigenvalue weighted by atomic mass is 19.1. The van der Waals surface area contributed by atoms with Gasteiger partial charge in [0.1, 0.15) is 0 Å². The van der Waals surface area contributed by atoms with Crippen LogP contribution in [0.2, 0.25) is 0 Å².